The van der Waals surface area contributed by atoms with E-state index in [-0.39, 0.29) is 44.5 Å². The number of nitrogens with zero attached hydrogens (tertiary/aromatic N) is 1. The minimum absolute atomic E-state index is 0.0391. The van der Waals surface area contributed by atoms with Gasteiger partial charge in [0.15, 0.2) is 24.7 Å². The molecule has 0 fully saturated rings. The topological polar surface area (TPSA) is 120 Å². The van der Waals surface area contributed by atoms with E-state index in [9.17, 15) is 14.4 Å². The molecule has 0 unspecified atom stereocenters. The van der Waals surface area contributed by atoms with E-state index in [2.05, 4.69) is 5.32 Å². The fourth-order valence-electron chi connectivity index (χ4n) is 2.99. The van der Waals surface area contributed by atoms with Gasteiger partial charge in [-0.1, -0.05) is 18.2 Å². The number of nitrogens with one attached hydrogen (secondary N) is 1. The third-order valence-electron chi connectivity index (χ3n) is 4.46. The van der Waals surface area contributed by atoms with E-state index in [1.54, 1.807) is 35.2 Å². The lowest BCUT2D eigenvalue weighted by Gasteiger charge is -2.29. The summed E-state index contributed by atoms with van der Waals surface area (Å²) in [5.74, 6) is 0.477. The molecule has 9 nitrogen and oxygen atoms in total. The number of methoxy groups -OCH3 is 1. The molecule has 0 bridgehead atoms. The van der Waals surface area contributed by atoms with Crippen LogP contribution in [0.25, 0.3) is 0 Å². The number of para-hydroxylation sites is 2. The predicted molar refractivity (Wildman–Crippen MR) is 108 cm³/mol. The Kier molecular flexibility index (Phi) is 6.74. The largest absolute Gasteiger partial charge is 0.493 e. The quantitative estimate of drug-likeness (QED) is 0.633. The Morgan fingerprint density at radius 3 is 2.77 bits per heavy atom. The van der Waals surface area contributed by atoms with Gasteiger partial charge in [0.25, 0.3) is 11.8 Å². The van der Waals surface area contributed by atoms with Crippen LogP contribution in [0.2, 0.25) is 0 Å². The van der Waals surface area contributed by atoms with Crippen molar-refractivity contribution in [3.05, 3.63) is 48.0 Å². The molecule has 2 aromatic carbocycles. The molecule has 0 aromatic heterocycles. The van der Waals surface area contributed by atoms with Gasteiger partial charge in [0.2, 0.25) is 5.91 Å². The van der Waals surface area contributed by atoms with Crippen molar-refractivity contribution in [1.29, 1.82) is 0 Å². The third kappa shape index (κ3) is 5.19. The molecule has 9 heteroatoms. The standard InChI is InChI=1S/C21H23N3O6/c1-28-18-10-14(6-7-17(18)29-12-19(22)25)11-23-20(26)8-9-24-15-4-2-3-5-16(15)30-13-21(24)27/h2-7,10H,8-9,11-13H2,1H3,(H2,22,25)(H,23,26). The number of hydrogen-bond acceptors (Lipinski definition) is 6. The highest BCUT2D eigenvalue weighted by Gasteiger charge is 2.25. The summed E-state index contributed by atoms with van der Waals surface area (Å²) in [7, 11) is 1.48. The lowest BCUT2D eigenvalue weighted by Crippen LogP contribution is -2.41. The van der Waals surface area contributed by atoms with Gasteiger partial charge in [0.1, 0.15) is 5.75 Å². The number of fused-ring (bicyclic) bond motifs is 1. The summed E-state index contributed by atoms with van der Waals surface area (Å²) in [4.78, 5) is 36.9. The normalized spacial score (nSPS) is 12.6. The van der Waals surface area contributed by atoms with Gasteiger partial charge in [-0.05, 0) is 29.8 Å². The summed E-state index contributed by atoms with van der Waals surface area (Å²) in [6, 6.07) is 12.3. The monoisotopic (exact) mass is 413 g/mol. The minimum Gasteiger partial charge on any atom is -0.493 e. The van der Waals surface area contributed by atoms with Crippen molar-refractivity contribution in [3.63, 3.8) is 0 Å². The van der Waals surface area contributed by atoms with E-state index in [0.717, 1.165) is 5.56 Å². The summed E-state index contributed by atoms with van der Waals surface area (Å²) in [5, 5.41) is 2.82. The average molecular weight is 413 g/mol. The van der Waals surface area contributed by atoms with Crippen LogP contribution in [0.5, 0.6) is 17.2 Å². The number of ether oxygens (including phenoxy) is 3. The van der Waals surface area contributed by atoms with Crippen LogP contribution < -0.4 is 30.2 Å². The molecule has 0 aliphatic carbocycles. The van der Waals surface area contributed by atoms with Crippen molar-refractivity contribution in [1.82, 2.24) is 5.32 Å². The second kappa shape index (κ2) is 9.64. The fraction of sp³-hybridized carbons (Fsp3) is 0.286. The molecule has 1 aliphatic heterocycles. The Balaban J connectivity index is 1.54. The van der Waals surface area contributed by atoms with E-state index >= 15 is 0 Å². The zero-order valence-electron chi connectivity index (χ0n) is 16.6. The summed E-state index contributed by atoms with van der Waals surface area (Å²) in [6.07, 6.45) is 0.150. The molecule has 0 radical (unpaired) electrons. The van der Waals surface area contributed by atoms with Gasteiger partial charge in [-0.3, -0.25) is 14.4 Å². The minimum atomic E-state index is -0.588. The molecule has 3 amide bonds. The molecule has 2 aromatic rings. The molecule has 0 atom stereocenters. The molecule has 0 saturated heterocycles. The fourth-order valence-corrected chi connectivity index (χ4v) is 2.99. The molecule has 3 rings (SSSR count). The Labute approximate surface area is 173 Å². The van der Waals surface area contributed by atoms with Crippen LogP contribution in [0.15, 0.2) is 42.5 Å². The average Bonchev–Trinajstić information content (AvgIpc) is 2.75. The van der Waals surface area contributed by atoms with Gasteiger partial charge in [0, 0.05) is 19.5 Å². The SMILES string of the molecule is COc1cc(CNC(=O)CCN2C(=O)COc3ccccc32)ccc1OCC(N)=O. The molecule has 1 heterocycles. The number of carbonyl (C=O) groups is 3. The van der Waals surface area contributed by atoms with Crippen LogP contribution >= 0.6 is 0 Å². The maximum Gasteiger partial charge on any atom is 0.265 e. The van der Waals surface area contributed by atoms with Crippen LogP contribution in [0.3, 0.4) is 0 Å². The molecule has 158 valence electrons. The van der Waals surface area contributed by atoms with Crippen molar-refractivity contribution in [2.75, 3.05) is 31.8 Å². The van der Waals surface area contributed by atoms with E-state index in [0.29, 0.717) is 22.9 Å². The van der Waals surface area contributed by atoms with Crippen LogP contribution in [-0.2, 0) is 20.9 Å². The second-order valence-electron chi connectivity index (χ2n) is 6.57. The second-order valence-corrected chi connectivity index (χ2v) is 6.57. The summed E-state index contributed by atoms with van der Waals surface area (Å²) >= 11 is 0. The number of carbonyl (C=O) groups excluding carboxylic acids is 3. The molecule has 0 spiro atoms. The Hall–Kier alpha value is -3.75. The molecule has 1 aliphatic rings. The maximum absolute atomic E-state index is 12.3. The molecule has 0 saturated carbocycles. The Morgan fingerprint density at radius 1 is 1.20 bits per heavy atom. The highest BCUT2D eigenvalue weighted by atomic mass is 16.5. The van der Waals surface area contributed by atoms with Crippen LogP contribution in [0.1, 0.15) is 12.0 Å². The summed E-state index contributed by atoms with van der Waals surface area (Å²) in [5.41, 5.74) is 6.53. The highest BCUT2D eigenvalue weighted by Crippen LogP contribution is 2.31. The first kappa shape index (κ1) is 21.0. The molecule has 30 heavy (non-hydrogen) atoms. The molecule has 3 N–H and O–H groups in total. The summed E-state index contributed by atoms with van der Waals surface area (Å²) < 4.78 is 15.9. The zero-order valence-corrected chi connectivity index (χ0v) is 16.6. The predicted octanol–water partition coefficient (Wildman–Crippen LogP) is 0.991. The number of amides is 3. The first-order chi connectivity index (χ1) is 14.5. The van der Waals surface area contributed by atoms with Crippen molar-refractivity contribution in [2.24, 2.45) is 5.73 Å². The van der Waals surface area contributed by atoms with E-state index in [1.807, 2.05) is 12.1 Å². The number of primary amides is 1. The number of hydrogen-bond donors (Lipinski definition) is 2. The first-order valence-corrected chi connectivity index (χ1v) is 9.35. The van der Waals surface area contributed by atoms with Crippen LogP contribution in [0, 0.1) is 0 Å². The van der Waals surface area contributed by atoms with Crippen molar-refractivity contribution in [3.8, 4) is 17.2 Å². The third-order valence-corrected chi connectivity index (χ3v) is 4.46. The number of nitrogens with two attached hydrogens (primary N) is 1. The maximum atomic E-state index is 12.3. The van der Waals surface area contributed by atoms with Crippen molar-refractivity contribution in [2.45, 2.75) is 13.0 Å². The number of benzene rings is 2. The van der Waals surface area contributed by atoms with Crippen molar-refractivity contribution < 1.29 is 28.6 Å². The lowest BCUT2D eigenvalue weighted by atomic mass is 10.2. The van der Waals surface area contributed by atoms with E-state index < -0.39 is 5.91 Å². The van der Waals surface area contributed by atoms with Crippen molar-refractivity contribution >= 4 is 23.4 Å². The zero-order chi connectivity index (χ0) is 21.5. The summed E-state index contributed by atoms with van der Waals surface area (Å²) in [6.45, 7) is 0.242. The molecular formula is C21H23N3O6. The van der Waals surface area contributed by atoms with Gasteiger partial charge in [0.05, 0.1) is 12.8 Å². The van der Waals surface area contributed by atoms with E-state index in [1.165, 1.54) is 7.11 Å². The van der Waals surface area contributed by atoms with Gasteiger partial charge in [-0.2, -0.15) is 0 Å². The van der Waals surface area contributed by atoms with Crippen LogP contribution in [0.4, 0.5) is 5.69 Å². The van der Waals surface area contributed by atoms with Crippen LogP contribution in [-0.4, -0.2) is 44.6 Å². The van der Waals surface area contributed by atoms with Gasteiger partial charge in [-0.15, -0.1) is 0 Å². The van der Waals surface area contributed by atoms with Gasteiger partial charge in [-0.25, -0.2) is 0 Å². The van der Waals surface area contributed by atoms with Gasteiger partial charge < -0.3 is 30.2 Å². The smallest absolute Gasteiger partial charge is 0.265 e. The van der Waals surface area contributed by atoms with E-state index in [4.69, 9.17) is 19.9 Å². The highest BCUT2D eigenvalue weighted by molar-refractivity contribution is 5.98. The van der Waals surface area contributed by atoms with Gasteiger partial charge >= 0.3 is 0 Å². The lowest BCUT2D eigenvalue weighted by molar-refractivity contribution is -0.122. The Bertz CT molecular complexity index is 946. The Morgan fingerprint density at radius 2 is 2.00 bits per heavy atom. The molecular weight excluding hydrogens is 390 g/mol. The first-order valence-electron chi connectivity index (χ1n) is 9.35. The number of anilines is 1. The number of rotatable bonds is 9.